The molecule has 2 aromatic carbocycles. The predicted octanol–water partition coefficient (Wildman–Crippen LogP) is 3.85. The lowest BCUT2D eigenvalue weighted by atomic mass is 10.1. The van der Waals surface area contributed by atoms with Crippen LogP contribution in [-0.4, -0.2) is 23.7 Å². The highest BCUT2D eigenvalue weighted by molar-refractivity contribution is 5.95. The number of hydrazone groups is 1. The van der Waals surface area contributed by atoms with Crippen LogP contribution >= 0.6 is 0 Å². The van der Waals surface area contributed by atoms with Crippen molar-refractivity contribution >= 4 is 17.8 Å². The van der Waals surface area contributed by atoms with Gasteiger partial charge in [0, 0.05) is 17.2 Å². The molecule has 2 rings (SSSR count). The van der Waals surface area contributed by atoms with Gasteiger partial charge in [0.1, 0.15) is 5.75 Å². The van der Waals surface area contributed by atoms with E-state index in [2.05, 4.69) is 17.5 Å². The molecule has 0 aliphatic heterocycles. The third-order valence-corrected chi connectivity index (χ3v) is 3.69. The van der Waals surface area contributed by atoms with Crippen LogP contribution < -0.4 is 10.2 Å². The minimum Gasteiger partial charge on any atom is -0.494 e. The number of nitro benzene ring substituents is 1. The van der Waals surface area contributed by atoms with Crippen LogP contribution in [0, 0.1) is 17.0 Å². The fourth-order valence-corrected chi connectivity index (χ4v) is 2.16. The van der Waals surface area contributed by atoms with Gasteiger partial charge >= 0.3 is 0 Å². The van der Waals surface area contributed by atoms with Crippen LogP contribution in [0.25, 0.3) is 0 Å². The normalized spacial score (nSPS) is 10.7. The molecule has 0 saturated carbocycles. The van der Waals surface area contributed by atoms with E-state index in [1.807, 2.05) is 24.3 Å². The lowest BCUT2D eigenvalue weighted by molar-refractivity contribution is -0.385. The molecule has 0 aliphatic carbocycles. The summed E-state index contributed by atoms with van der Waals surface area (Å²) in [5.74, 6) is 0.274. The zero-order valence-electron chi connectivity index (χ0n) is 14.8. The van der Waals surface area contributed by atoms with Gasteiger partial charge < -0.3 is 4.74 Å². The van der Waals surface area contributed by atoms with Crippen molar-refractivity contribution in [2.45, 2.75) is 26.7 Å². The first kappa shape index (κ1) is 19.1. The molecule has 0 saturated heterocycles. The minimum atomic E-state index is -0.514. The first-order chi connectivity index (χ1) is 12.5. The van der Waals surface area contributed by atoms with E-state index >= 15 is 0 Å². The fraction of sp³-hybridized carbons (Fsp3) is 0.263. The Morgan fingerprint density at radius 3 is 2.65 bits per heavy atom. The number of unbranched alkanes of at least 4 members (excludes halogenated alkanes) is 1. The van der Waals surface area contributed by atoms with Crippen molar-refractivity contribution in [1.29, 1.82) is 0 Å². The molecule has 0 aromatic heterocycles. The topological polar surface area (TPSA) is 93.8 Å². The third-order valence-electron chi connectivity index (χ3n) is 3.69. The summed E-state index contributed by atoms with van der Waals surface area (Å²) < 4.78 is 5.57. The smallest absolute Gasteiger partial charge is 0.273 e. The van der Waals surface area contributed by atoms with Gasteiger partial charge in [0.2, 0.25) is 0 Å². The minimum absolute atomic E-state index is 0.0970. The average molecular weight is 355 g/mol. The summed E-state index contributed by atoms with van der Waals surface area (Å²) in [6.07, 6.45) is 3.58. The van der Waals surface area contributed by atoms with Crippen LogP contribution in [0.5, 0.6) is 5.75 Å². The van der Waals surface area contributed by atoms with Crippen molar-refractivity contribution < 1.29 is 14.5 Å². The maximum atomic E-state index is 12.1. The van der Waals surface area contributed by atoms with Gasteiger partial charge in [-0.3, -0.25) is 14.9 Å². The monoisotopic (exact) mass is 355 g/mol. The molecule has 0 radical (unpaired) electrons. The number of rotatable bonds is 8. The second-order valence-electron chi connectivity index (χ2n) is 5.73. The van der Waals surface area contributed by atoms with Gasteiger partial charge in [0.25, 0.3) is 11.6 Å². The Kier molecular flexibility index (Phi) is 6.84. The molecular formula is C19H21N3O4. The number of benzene rings is 2. The lowest BCUT2D eigenvalue weighted by Gasteiger charge is -2.05. The first-order valence-corrected chi connectivity index (χ1v) is 8.32. The van der Waals surface area contributed by atoms with Crippen molar-refractivity contribution in [3.8, 4) is 5.75 Å². The van der Waals surface area contributed by atoms with Crippen molar-refractivity contribution in [2.24, 2.45) is 5.10 Å². The van der Waals surface area contributed by atoms with Gasteiger partial charge in [-0.25, -0.2) is 5.43 Å². The number of amides is 1. The highest BCUT2D eigenvalue weighted by Gasteiger charge is 2.14. The van der Waals surface area contributed by atoms with Gasteiger partial charge in [-0.1, -0.05) is 19.4 Å². The standard InChI is InChI=1S/C19H21N3O4/c1-3-4-11-26-17-9-6-15(7-10-17)13-20-21-19(23)16-8-5-14(2)18(12-16)22(24)25/h5-10,12-13H,3-4,11H2,1-2H3,(H,21,23)/b20-13+. The van der Waals surface area contributed by atoms with Crippen molar-refractivity contribution in [3.05, 3.63) is 69.3 Å². The Hall–Kier alpha value is -3.22. The number of hydrogen-bond acceptors (Lipinski definition) is 5. The molecule has 26 heavy (non-hydrogen) atoms. The Bertz CT molecular complexity index is 801. The van der Waals surface area contributed by atoms with E-state index in [0.29, 0.717) is 12.2 Å². The van der Waals surface area contributed by atoms with Crippen LogP contribution in [0.1, 0.15) is 41.3 Å². The van der Waals surface area contributed by atoms with Crippen molar-refractivity contribution in [2.75, 3.05) is 6.61 Å². The Morgan fingerprint density at radius 2 is 2.00 bits per heavy atom. The number of nitrogens with zero attached hydrogens (tertiary/aromatic N) is 2. The number of nitrogens with one attached hydrogen (secondary N) is 1. The molecule has 0 atom stereocenters. The quantitative estimate of drug-likeness (QED) is 0.337. The number of ether oxygens (including phenoxy) is 1. The Morgan fingerprint density at radius 1 is 1.27 bits per heavy atom. The Balaban J connectivity index is 1.94. The third kappa shape index (κ3) is 5.41. The van der Waals surface area contributed by atoms with Crippen LogP contribution in [0.3, 0.4) is 0 Å². The molecule has 1 amide bonds. The van der Waals surface area contributed by atoms with Crippen LogP contribution in [-0.2, 0) is 0 Å². The zero-order valence-corrected chi connectivity index (χ0v) is 14.8. The highest BCUT2D eigenvalue weighted by atomic mass is 16.6. The van der Waals surface area contributed by atoms with Gasteiger partial charge in [0.05, 0.1) is 17.7 Å². The second kappa shape index (κ2) is 9.31. The number of aryl methyl sites for hydroxylation is 1. The van der Waals surface area contributed by atoms with Gasteiger partial charge in [-0.15, -0.1) is 0 Å². The molecule has 0 spiro atoms. The van der Waals surface area contributed by atoms with Gasteiger partial charge in [0.15, 0.2) is 0 Å². The second-order valence-corrected chi connectivity index (χ2v) is 5.73. The molecule has 0 fully saturated rings. The summed E-state index contributed by atoms with van der Waals surface area (Å²) in [5.41, 5.74) is 3.74. The Labute approximate surface area is 151 Å². The van der Waals surface area contributed by atoms with E-state index < -0.39 is 10.8 Å². The van der Waals surface area contributed by atoms with Gasteiger partial charge in [-0.05, 0) is 49.2 Å². The maximum Gasteiger partial charge on any atom is 0.273 e. The van der Waals surface area contributed by atoms with Crippen LogP contribution in [0.4, 0.5) is 5.69 Å². The molecule has 136 valence electrons. The van der Waals surface area contributed by atoms with E-state index in [9.17, 15) is 14.9 Å². The number of carbonyl (C=O) groups excluding carboxylic acids is 1. The molecule has 2 aromatic rings. The number of carbonyl (C=O) groups is 1. The predicted molar refractivity (Wildman–Crippen MR) is 99.7 cm³/mol. The maximum absolute atomic E-state index is 12.1. The molecule has 0 unspecified atom stereocenters. The van der Waals surface area contributed by atoms with Crippen molar-refractivity contribution in [1.82, 2.24) is 5.43 Å². The molecule has 0 heterocycles. The summed E-state index contributed by atoms with van der Waals surface area (Å²) in [6.45, 7) is 4.41. The first-order valence-electron chi connectivity index (χ1n) is 8.32. The molecule has 0 bridgehead atoms. The largest absolute Gasteiger partial charge is 0.494 e. The SMILES string of the molecule is CCCCOc1ccc(/C=N/NC(=O)c2ccc(C)c([N+](=O)[O-])c2)cc1. The van der Waals surface area contributed by atoms with E-state index in [1.54, 1.807) is 6.92 Å². The molecule has 7 heteroatoms. The molecular weight excluding hydrogens is 334 g/mol. The van der Waals surface area contributed by atoms with Crippen LogP contribution in [0.15, 0.2) is 47.6 Å². The summed E-state index contributed by atoms with van der Waals surface area (Å²) >= 11 is 0. The molecule has 7 nitrogen and oxygen atoms in total. The molecule has 0 aliphatic rings. The van der Waals surface area contributed by atoms with E-state index in [1.165, 1.54) is 24.4 Å². The van der Waals surface area contributed by atoms with E-state index in [0.717, 1.165) is 24.2 Å². The van der Waals surface area contributed by atoms with Gasteiger partial charge in [-0.2, -0.15) is 5.10 Å². The van der Waals surface area contributed by atoms with E-state index in [-0.39, 0.29) is 11.3 Å². The summed E-state index contributed by atoms with van der Waals surface area (Å²) in [7, 11) is 0. The fourth-order valence-electron chi connectivity index (χ4n) is 2.16. The van der Waals surface area contributed by atoms with Crippen molar-refractivity contribution in [3.63, 3.8) is 0 Å². The summed E-state index contributed by atoms with van der Waals surface area (Å²) in [4.78, 5) is 22.5. The number of nitro groups is 1. The van der Waals surface area contributed by atoms with Crippen LogP contribution in [0.2, 0.25) is 0 Å². The summed E-state index contributed by atoms with van der Waals surface area (Å²) in [6, 6.07) is 11.6. The molecule has 1 N–H and O–H groups in total. The van der Waals surface area contributed by atoms with E-state index in [4.69, 9.17) is 4.74 Å². The zero-order chi connectivity index (χ0) is 18.9. The highest BCUT2D eigenvalue weighted by Crippen LogP contribution is 2.19. The number of hydrogen-bond donors (Lipinski definition) is 1. The summed E-state index contributed by atoms with van der Waals surface area (Å²) in [5, 5.41) is 14.8. The lowest BCUT2D eigenvalue weighted by Crippen LogP contribution is -2.17. The average Bonchev–Trinajstić information content (AvgIpc) is 2.63.